The number of nitrogens with two attached hydrogens (primary N) is 1. The molecule has 1 fully saturated rings. The molecule has 2 N–H and O–H groups in total. The van der Waals surface area contributed by atoms with Crippen molar-refractivity contribution < 1.29 is 4.92 Å². The molecule has 6 nitrogen and oxygen atoms in total. The molecule has 0 aliphatic heterocycles. The molecule has 14 heavy (non-hydrogen) atoms. The van der Waals surface area contributed by atoms with E-state index in [0.717, 1.165) is 6.42 Å². The molecule has 2 rings (SSSR count). The fraction of sp³-hybridized carbons (Fsp3) is 0.625. The average molecular weight is 196 g/mol. The van der Waals surface area contributed by atoms with Gasteiger partial charge in [0, 0.05) is 13.0 Å². The summed E-state index contributed by atoms with van der Waals surface area (Å²) >= 11 is 0. The van der Waals surface area contributed by atoms with E-state index in [1.54, 1.807) is 11.7 Å². The zero-order valence-corrected chi connectivity index (χ0v) is 7.88. The molecule has 0 unspecified atom stereocenters. The van der Waals surface area contributed by atoms with Crippen molar-refractivity contribution in [2.75, 3.05) is 6.54 Å². The average Bonchev–Trinajstić information content (AvgIpc) is 2.81. The van der Waals surface area contributed by atoms with Gasteiger partial charge in [-0.05, 0) is 18.9 Å². The summed E-state index contributed by atoms with van der Waals surface area (Å²) in [7, 11) is 1.73. The standard InChI is InChI=1S/C8H12N4O2/c1-11-8(6-2-5(6)3-9)7(4-10-11)12(13)14/h4-6H,2-3,9H2,1H3/t5-,6+/m0/s1. The molecule has 0 saturated heterocycles. The third kappa shape index (κ3) is 1.27. The molecular formula is C8H12N4O2. The van der Waals surface area contributed by atoms with Crippen LogP contribution in [0, 0.1) is 16.0 Å². The largest absolute Gasteiger partial charge is 0.330 e. The van der Waals surface area contributed by atoms with Gasteiger partial charge in [0.05, 0.1) is 4.92 Å². The number of aryl methyl sites for hydroxylation is 1. The lowest BCUT2D eigenvalue weighted by Crippen LogP contribution is -2.05. The number of nitrogens with zero attached hydrogens (tertiary/aromatic N) is 3. The molecule has 0 bridgehead atoms. The van der Waals surface area contributed by atoms with Crippen LogP contribution in [0.25, 0.3) is 0 Å². The first-order chi connectivity index (χ1) is 6.65. The third-order valence-corrected chi connectivity index (χ3v) is 2.74. The molecule has 0 aromatic carbocycles. The zero-order valence-electron chi connectivity index (χ0n) is 7.88. The highest BCUT2D eigenvalue weighted by atomic mass is 16.6. The summed E-state index contributed by atoms with van der Waals surface area (Å²) in [4.78, 5) is 10.3. The molecule has 1 aliphatic rings. The zero-order chi connectivity index (χ0) is 10.3. The molecule has 1 aliphatic carbocycles. The Morgan fingerprint density at radius 3 is 3.07 bits per heavy atom. The smallest absolute Gasteiger partial charge is 0.310 e. The Morgan fingerprint density at radius 1 is 1.86 bits per heavy atom. The summed E-state index contributed by atoms with van der Waals surface area (Å²) in [6.07, 6.45) is 2.25. The van der Waals surface area contributed by atoms with Gasteiger partial charge in [-0.1, -0.05) is 0 Å². The number of hydrogen-bond acceptors (Lipinski definition) is 4. The Morgan fingerprint density at radius 2 is 2.57 bits per heavy atom. The third-order valence-electron chi connectivity index (χ3n) is 2.74. The van der Waals surface area contributed by atoms with Gasteiger partial charge in [-0.2, -0.15) is 5.10 Å². The monoisotopic (exact) mass is 196 g/mol. The Kier molecular flexibility index (Phi) is 1.99. The van der Waals surface area contributed by atoms with Crippen LogP contribution in [0.3, 0.4) is 0 Å². The van der Waals surface area contributed by atoms with E-state index in [1.807, 2.05) is 0 Å². The van der Waals surface area contributed by atoms with E-state index in [-0.39, 0.29) is 16.5 Å². The molecule has 1 heterocycles. The van der Waals surface area contributed by atoms with Gasteiger partial charge in [-0.25, -0.2) is 0 Å². The predicted molar refractivity (Wildman–Crippen MR) is 49.8 cm³/mol. The highest BCUT2D eigenvalue weighted by molar-refractivity contribution is 5.39. The Hall–Kier alpha value is -1.43. The maximum Gasteiger partial charge on any atom is 0.310 e. The summed E-state index contributed by atoms with van der Waals surface area (Å²) in [5.41, 5.74) is 6.34. The van der Waals surface area contributed by atoms with Gasteiger partial charge in [0.2, 0.25) is 0 Å². The number of hydrogen-bond donors (Lipinski definition) is 1. The van der Waals surface area contributed by atoms with Crippen LogP contribution in [0.4, 0.5) is 5.69 Å². The van der Waals surface area contributed by atoms with Crippen LogP contribution in [0.5, 0.6) is 0 Å². The van der Waals surface area contributed by atoms with Crippen LogP contribution < -0.4 is 5.73 Å². The van der Waals surface area contributed by atoms with E-state index in [1.165, 1.54) is 6.20 Å². The molecule has 0 amide bonds. The molecule has 0 spiro atoms. The van der Waals surface area contributed by atoms with E-state index in [4.69, 9.17) is 5.73 Å². The van der Waals surface area contributed by atoms with Crippen molar-refractivity contribution in [2.24, 2.45) is 18.7 Å². The second-order valence-corrected chi connectivity index (χ2v) is 3.63. The fourth-order valence-corrected chi connectivity index (χ4v) is 1.85. The fourth-order valence-electron chi connectivity index (χ4n) is 1.85. The predicted octanol–water partition coefficient (Wildman–Crippen LogP) is 0.390. The van der Waals surface area contributed by atoms with Gasteiger partial charge in [0.15, 0.2) is 0 Å². The van der Waals surface area contributed by atoms with Crippen LogP contribution in [0.2, 0.25) is 0 Å². The van der Waals surface area contributed by atoms with Crippen molar-refractivity contribution in [3.8, 4) is 0 Å². The van der Waals surface area contributed by atoms with E-state index in [0.29, 0.717) is 18.2 Å². The maximum atomic E-state index is 10.7. The van der Waals surface area contributed by atoms with Gasteiger partial charge >= 0.3 is 5.69 Å². The topological polar surface area (TPSA) is 87.0 Å². The molecule has 1 aromatic heterocycles. The van der Waals surface area contributed by atoms with E-state index in [9.17, 15) is 10.1 Å². The van der Waals surface area contributed by atoms with E-state index in [2.05, 4.69) is 5.10 Å². The van der Waals surface area contributed by atoms with Crippen molar-refractivity contribution in [3.63, 3.8) is 0 Å². The van der Waals surface area contributed by atoms with Gasteiger partial charge in [0.1, 0.15) is 11.9 Å². The molecule has 1 aromatic rings. The second kappa shape index (κ2) is 3.06. The SMILES string of the molecule is Cn1ncc([N+](=O)[O-])c1[C@@H]1C[C@H]1CN. The summed E-state index contributed by atoms with van der Waals surface area (Å²) in [5.74, 6) is 0.622. The Bertz CT molecular complexity index is 373. The van der Waals surface area contributed by atoms with Crippen molar-refractivity contribution in [3.05, 3.63) is 22.0 Å². The van der Waals surface area contributed by atoms with Crippen LogP contribution in [-0.2, 0) is 7.05 Å². The van der Waals surface area contributed by atoms with E-state index >= 15 is 0 Å². The molecule has 6 heteroatoms. The van der Waals surface area contributed by atoms with Gasteiger partial charge in [0.25, 0.3) is 0 Å². The molecule has 1 saturated carbocycles. The van der Waals surface area contributed by atoms with E-state index < -0.39 is 0 Å². The van der Waals surface area contributed by atoms with Crippen LogP contribution >= 0.6 is 0 Å². The second-order valence-electron chi connectivity index (χ2n) is 3.63. The van der Waals surface area contributed by atoms with Gasteiger partial charge in [-0.3, -0.25) is 14.8 Å². The van der Waals surface area contributed by atoms with Crippen LogP contribution in [-0.4, -0.2) is 21.2 Å². The summed E-state index contributed by atoms with van der Waals surface area (Å²) < 4.78 is 1.58. The molecule has 76 valence electrons. The normalized spacial score (nSPS) is 25.0. The minimum atomic E-state index is -0.381. The lowest BCUT2D eigenvalue weighted by atomic mass is 10.2. The lowest BCUT2D eigenvalue weighted by molar-refractivity contribution is -0.385. The molecule has 2 atom stereocenters. The molecule has 0 radical (unpaired) electrons. The minimum Gasteiger partial charge on any atom is -0.330 e. The number of rotatable bonds is 3. The first kappa shape index (κ1) is 9.14. The highest BCUT2D eigenvalue weighted by Gasteiger charge is 2.43. The summed E-state index contributed by atoms with van der Waals surface area (Å²) in [6, 6.07) is 0. The first-order valence-electron chi connectivity index (χ1n) is 4.51. The van der Waals surface area contributed by atoms with Crippen molar-refractivity contribution in [2.45, 2.75) is 12.3 Å². The van der Waals surface area contributed by atoms with Gasteiger partial charge < -0.3 is 5.73 Å². The number of aromatic nitrogens is 2. The van der Waals surface area contributed by atoms with Crippen molar-refractivity contribution in [1.82, 2.24) is 9.78 Å². The van der Waals surface area contributed by atoms with Crippen LogP contribution in [0.15, 0.2) is 6.20 Å². The summed E-state index contributed by atoms with van der Waals surface area (Å²) in [6.45, 7) is 0.590. The highest BCUT2D eigenvalue weighted by Crippen LogP contribution is 2.49. The minimum absolute atomic E-state index is 0.119. The van der Waals surface area contributed by atoms with Crippen molar-refractivity contribution >= 4 is 5.69 Å². The maximum absolute atomic E-state index is 10.7. The lowest BCUT2D eigenvalue weighted by Gasteiger charge is -1.99. The van der Waals surface area contributed by atoms with Gasteiger partial charge in [-0.15, -0.1) is 0 Å². The quantitative estimate of drug-likeness (QED) is 0.559. The summed E-state index contributed by atoms with van der Waals surface area (Å²) in [5, 5.41) is 14.6. The van der Waals surface area contributed by atoms with Crippen LogP contribution in [0.1, 0.15) is 18.0 Å². The Balaban J connectivity index is 2.32. The number of nitro groups is 1. The first-order valence-corrected chi connectivity index (χ1v) is 4.51. The van der Waals surface area contributed by atoms with Crippen molar-refractivity contribution in [1.29, 1.82) is 0 Å². The Labute approximate surface area is 80.9 Å². The molecular weight excluding hydrogens is 184 g/mol.